The third-order valence-corrected chi connectivity index (χ3v) is 5.86. The van der Waals surface area contributed by atoms with Gasteiger partial charge in [0.1, 0.15) is 11.9 Å². The first kappa shape index (κ1) is 16.5. The van der Waals surface area contributed by atoms with Crippen LogP contribution in [0, 0.1) is 6.92 Å². The molecule has 2 fully saturated rings. The Balaban J connectivity index is 1.78. The van der Waals surface area contributed by atoms with Crippen LogP contribution in [0.25, 0.3) is 0 Å². The summed E-state index contributed by atoms with van der Waals surface area (Å²) in [6.45, 7) is 3.90. The van der Waals surface area contributed by atoms with Crippen molar-refractivity contribution in [2.75, 3.05) is 46.0 Å². The maximum atomic E-state index is 12.7. The summed E-state index contributed by atoms with van der Waals surface area (Å²) in [7, 11) is -3.55. The monoisotopic (exact) mass is 344 g/mol. The van der Waals surface area contributed by atoms with E-state index in [1.165, 1.54) is 14.7 Å². The lowest BCUT2D eigenvalue weighted by atomic mass is 10.2. The van der Waals surface area contributed by atoms with Gasteiger partial charge in [-0.3, -0.25) is 4.79 Å². The number of nitrogens with zero attached hydrogens (tertiary/aromatic N) is 3. The third kappa shape index (κ3) is 3.61. The summed E-state index contributed by atoms with van der Waals surface area (Å²) in [5, 5.41) is 0. The number of aromatic nitrogens is 2. The molecule has 2 aliphatic heterocycles. The van der Waals surface area contributed by atoms with Crippen molar-refractivity contribution in [2.45, 2.75) is 13.0 Å². The van der Waals surface area contributed by atoms with E-state index in [1.54, 1.807) is 6.92 Å². The van der Waals surface area contributed by atoms with Crippen LogP contribution in [0.3, 0.4) is 0 Å². The average molecular weight is 344 g/mol. The summed E-state index contributed by atoms with van der Waals surface area (Å²) in [4.78, 5) is 18.4. The van der Waals surface area contributed by atoms with E-state index in [-0.39, 0.29) is 18.7 Å². The second-order valence-electron chi connectivity index (χ2n) is 5.49. The Morgan fingerprint density at radius 1 is 1.22 bits per heavy atom. The van der Waals surface area contributed by atoms with Crippen molar-refractivity contribution >= 4 is 10.2 Å². The molecule has 2 aliphatic rings. The molecule has 9 nitrogen and oxygen atoms in total. The van der Waals surface area contributed by atoms with E-state index >= 15 is 0 Å². The molecule has 23 heavy (non-hydrogen) atoms. The number of morpholine rings is 2. The van der Waals surface area contributed by atoms with Crippen molar-refractivity contribution in [3.05, 3.63) is 27.9 Å². The van der Waals surface area contributed by atoms with Crippen LogP contribution in [0.2, 0.25) is 0 Å². The van der Waals surface area contributed by atoms with Gasteiger partial charge in [0.2, 0.25) is 0 Å². The van der Waals surface area contributed by atoms with Gasteiger partial charge in [-0.1, -0.05) is 0 Å². The zero-order chi connectivity index (χ0) is 16.4. The molecule has 10 heteroatoms. The van der Waals surface area contributed by atoms with Gasteiger partial charge < -0.3 is 14.5 Å². The van der Waals surface area contributed by atoms with E-state index in [4.69, 9.17) is 9.47 Å². The van der Waals surface area contributed by atoms with E-state index < -0.39 is 16.3 Å². The molecular formula is C13H20N4O5S. The molecule has 1 unspecified atom stereocenters. The zero-order valence-electron chi connectivity index (χ0n) is 12.9. The Labute approximate surface area is 134 Å². The van der Waals surface area contributed by atoms with Gasteiger partial charge in [-0.2, -0.15) is 17.0 Å². The zero-order valence-corrected chi connectivity index (χ0v) is 13.7. The maximum absolute atomic E-state index is 12.7. The largest absolute Gasteiger partial charge is 0.379 e. The van der Waals surface area contributed by atoms with E-state index in [0.29, 0.717) is 44.4 Å². The minimum atomic E-state index is -3.55. The Kier molecular flexibility index (Phi) is 4.78. The number of hydrogen-bond donors (Lipinski definition) is 1. The van der Waals surface area contributed by atoms with Crippen LogP contribution in [-0.2, 0) is 19.7 Å². The lowest BCUT2D eigenvalue weighted by Gasteiger charge is -2.36. The molecule has 3 rings (SSSR count). The van der Waals surface area contributed by atoms with Gasteiger partial charge in [-0.15, -0.1) is 0 Å². The topological polar surface area (TPSA) is 105 Å². The second-order valence-corrected chi connectivity index (χ2v) is 7.42. The van der Waals surface area contributed by atoms with Crippen molar-refractivity contribution in [3.8, 4) is 0 Å². The fourth-order valence-corrected chi connectivity index (χ4v) is 4.29. The summed E-state index contributed by atoms with van der Waals surface area (Å²) >= 11 is 0. The molecule has 0 bridgehead atoms. The van der Waals surface area contributed by atoms with Gasteiger partial charge in [0.15, 0.2) is 0 Å². The molecule has 0 amide bonds. The number of ether oxygens (including phenoxy) is 2. The fourth-order valence-electron chi connectivity index (χ4n) is 2.72. The number of H-pyrrole nitrogens is 1. The lowest BCUT2D eigenvalue weighted by molar-refractivity contribution is -0.00864. The van der Waals surface area contributed by atoms with Gasteiger partial charge in [0, 0.05) is 32.2 Å². The smallest absolute Gasteiger partial charge is 0.282 e. The van der Waals surface area contributed by atoms with Gasteiger partial charge >= 0.3 is 0 Å². The standard InChI is InChI=1S/C13H20N4O5S/c1-10-14-11(8-13(18)15-10)12-9-17(4-7-22-12)23(19,20)16-2-5-21-6-3-16/h8,12H,2-7,9H2,1H3,(H,14,15,18). The molecule has 2 saturated heterocycles. The van der Waals surface area contributed by atoms with Crippen molar-refractivity contribution in [3.63, 3.8) is 0 Å². The SMILES string of the molecule is Cc1nc(C2CN(S(=O)(=O)N3CCOCC3)CCO2)cc(=O)[nH]1. The molecule has 0 aromatic carbocycles. The van der Waals surface area contributed by atoms with Crippen LogP contribution in [0.5, 0.6) is 0 Å². The van der Waals surface area contributed by atoms with Crippen LogP contribution < -0.4 is 5.56 Å². The Morgan fingerprint density at radius 2 is 1.91 bits per heavy atom. The van der Waals surface area contributed by atoms with Crippen molar-refractivity contribution in [2.24, 2.45) is 0 Å². The summed E-state index contributed by atoms with van der Waals surface area (Å²) in [5.41, 5.74) is 0.178. The van der Waals surface area contributed by atoms with Crippen LogP contribution in [0.4, 0.5) is 0 Å². The molecule has 128 valence electrons. The van der Waals surface area contributed by atoms with E-state index in [0.717, 1.165) is 0 Å². The fraction of sp³-hybridized carbons (Fsp3) is 0.692. The summed E-state index contributed by atoms with van der Waals surface area (Å²) in [6, 6.07) is 1.35. The number of aryl methyl sites for hydroxylation is 1. The molecule has 3 heterocycles. The molecular weight excluding hydrogens is 324 g/mol. The quantitative estimate of drug-likeness (QED) is 0.756. The maximum Gasteiger partial charge on any atom is 0.282 e. The van der Waals surface area contributed by atoms with Crippen molar-refractivity contribution in [1.82, 2.24) is 18.6 Å². The predicted octanol–water partition coefficient (Wildman–Crippen LogP) is -0.971. The van der Waals surface area contributed by atoms with E-state index in [2.05, 4.69) is 9.97 Å². The summed E-state index contributed by atoms with van der Waals surface area (Å²) in [6.07, 6.45) is -0.541. The minimum absolute atomic E-state index is 0.148. The van der Waals surface area contributed by atoms with E-state index in [1.807, 2.05) is 0 Å². The van der Waals surface area contributed by atoms with Crippen molar-refractivity contribution < 1.29 is 17.9 Å². The first-order valence-electron chi connectivity index (χ1n) is 7.49. The molecule has 1 aromatic rings. The van der Waals surface area contributed by atoms with Gasteiger partial charge in [0.05, 0.1) is 25.5 Å². The highest BCUT2D eigenvalue weighted by Crippen LogP contribution is 2.23. The lowest BCUT2D eigenvalue weighted by Crippen LogP contribution is -2.52. The van der Waals surface area contributed by atoms with Gasteiger partial charge in [0.25, 0.3) is 15.8 Å². The average Bonchev–Trinajstić information content (AvgIpc) is 2.55. The highest BCUT2D eigenvalue weighted by atomic mass is 32.2. The molecule has 0 saturated carbocycles. The third-order valence-electron chi connectivity index (χ3n) is 3.86. The molecule has 0 radical (unpaired) electrons. The molecule has 1 atom stereocenters. The Morgan fingerprint density at radius 3 is 2.61 bits per heavy atom. The number of aromatic amines is 1. The minimum Gasteiger partial charge on any atom is -0.379 e. The molecule has 1 N–H and O–H groups in total. The Hall–Kier alpha value is -1.33. The van der Waals surface area contributed by atoms with Crippen LogP contribution in [0.15, 0.2) is 10.9 Å². The number of hydrogen-bond acceptors (Lipinski definition) is 6. The first-order chi connectivity index (χ1) is 11.0. The second kappa shape index (κ2) is 6.65. The van der Waals surface area contributed by atoms with Gasteiger partial charge in [-0.05, 0) is 6.92 Å². The highest BCUT2D eigenvalue weighted by molar-refractivity contribution is 7.86. The van der Waals surface area contributed by atoms with Gasteiger partial charge in [-0.25, -0.2) is 4.98 Å². The summed E-state index contributed by atoms with van der Waals surface area (Å²) < 4.78 is 39.1. The van der Waals surface area contributed by atoms with Crippen LogP contribution in [0.1, 0.15) is 17.6 Å². The highest BCUT2D eigenvalue weighted by Gasteiger charge is 2.35. The predicted molar refractivity (Wildman–Crippen MR) is 81.2 cm³/mol. The first-order valence-corrected chi connectivity index (χ1v) is 8.89. The molecule has 0 aliphatic carbocycles. The normalized spacial score (nSPS) is 24.7. The molecule has 0 spiro atoms. The number of rotatable bonds is 3. The summed E-state index contributed by atoms with van der Waals surface area (Å²) in [5.74, 6) is 0.476. The van der Waals surface area contributed by atoms with E-state index in [9.17, 15) is 13.2 Å². The molecule has 1 aromatic heterocycles. The van der Waals surface area contributed by atoms with Crippen LogP contribution in [-0.4, -0.2) is 73.0 Å². The van der Waals surface area contributed by atoms with Crippen LogP contribution >= 0.6 is 0 Å². The van der Waals surface area contributed by atoms with Crippen molar-refractivity contribution in [1.29, 1.82) is 0 Å². The Bertz CT molecular complexity index is 713. The number of nitrogens with one attached hydrogen (secondary N) is 1.